The van der Waals surface area contributed by atoms with Gasteiger partial charge in [0.1, 0.15) is 27.7 Å². The van der Waals surface area contributed by atoms with Crippen molar-refractivity contribution in [3.63, 3.8) is 0 Å². The lowest BCUT2D eigenvalue weighted by molar-refractivity contribution is -0.199. The van der Waals surface area contributed by atoms with Crippen LogP contribution in [0.25, 0.3) is 11.3 Å². The molecule has 1 N–H and O–H groups in total. The normalized spacial score (nSPS) is 13.9. The molecule has 1 fully saturated rings. The van der Waals surface area contributed by atoms with E-state index in [0.717, 1.165) is 18.6 Å². The fraction of sp³-hybridized carbons (Fsp3) is 0.208. The first-order valence-corrected chi connectivity index (χ1v) is 15.3. The van der Waals surface area contributed by atoms with Crippen molar-refractivity contribution in [1.82, 2.24) is 25.5 Å². The van der Waals surface area contributed by atoms with Gasteiger partial charge in [0.2, 0.25) is 5.95 Å². The van der Waals surface area contributed by atoms with Gasteiger partial charge in [-0.3, -0.25) is 0 Å². The average molecular weight is 694 g/mol. The van der Waals surface area contributed by atoms with Crippen molar-refractivity contribution >= 4 is 61.6 Å². The number of hydrogen-bond donors (Lipinski definition) is 1. The number of ether oxygens (including phenoxy) is 1. The van der Waals surface area contributed by atoms with Crippen LogP contribution in [-0.4, -0.2) is 66.9 Å². The lowest BCUT2D eigenvalue weighted by atomic mass is 10.1. The van der Waals surface area contributed by atoms with E-state index in [0.29, 0.717) is 58.8 Å². The van der Waals surface area contributed by atoms with Gasteiger partial charge in [0, 0.05) is 49.0 Å². The minimum atomic E-state index is -5.59. The highest BCUT2D eigenvalue weighted by Crippen LogP contribution is 2.40. The summed E-state index contributed by atoms with van der Waals surface area (Å²) in [7, 11) is -5.35. The predicted octanol–water partition coefficient (Wildman–Crippen LogP) is 4.86. The molecule has 0 unspecified atom stereocenters. The van der Waals surface area contributed by atoms with Crippen LogP contribution in [-0.2, 0) is 19.7 Å². The molecule has 0 saturated carbocycles. The molecule has 12 nitrogen and oxygen atoms in total. The summed E-state index contributed by atoms with van der Waals surface area (Å²) in [6, 6.07) is 7.27. The van der Waals surface area contributed by atoms with E-state index in [1.54, 1.807) is 18.3 Å². The van der Waals surface area contributed by atoms with Gasteiger partial charge in [-0.15, -0.1) is 10.2 Å². The minimum Gasteiger partial charge on any atom is -0.455 e. The summed E-state index contributed by atoms with van der Waals surface area (Å²) in [5, 5.41) is 8.91. The minimum absolute atomic E-state index is 0.103. The fourth-order valence-corrected chi connectivity index (χ4v) is 6.29. The van der Waals surface area contributed by atoms with Gasteiger partial charge in [-0.1, -0.05) is 39.0 Å². The van der Waals surface area contributed by atoms with E-state index >= 15 is 4.39 Å². The zero-order chi connectivity index (χ0) is 31.6. The number of rotatable bonds is 8. The van der Waals surface area contributed by atoms with Gasteiger partial charge in [-0.2, -0.15) is 21.6 Å². The fourth-order valence-electron chi connectivity index (χ4n) is 3.87. The van der Waals surface area contributed by atoms with Gasteiger partial charge >= 0.3 is 22.2 Å². The second kappa shape index (κ2) is 12.6. The Morgan fingerprint density at radius 2 is 1.84 bits per heavy atom. The summed E-state index contributed by atoms with van der Waals surface area (Å²) < 4.78 is 85.8. The molecule has 4 aromatic rings. The largest absolute Gasteiger partial charge is 0.493 e. The highest BCUT2D eigenvalue weighted by Gasteiger charge is 2.46. The maximum Gasteiger partial charge on any atom is 0.493 e. The molecule has 0 amide bonds. The summed E-state index contributed by atoms with van der Waals surface area (Å²) in [5.41, 5.74) is 1.72. The Morgan fingerprint density at radius 3 is 2.52 bits per heavy atom. The number of hydrogen-bond acceptors (Lipinski definition) is 12. The number of nitrogens with one attached hydrogen (secondary N) is 1. The molecule has 0 atom stereocenters. The van der Waals surface area contributed by atoms with Crippen LogP contribution in [0.2, 0.25) is 10.0 Å². The van der Waals surface area contributed by atoms with Gasteiger partial charge in [-0.05, 0) is 30.3 Å². The Labute approximate surface area is 260 Å². The third kappa shape index (κ3) is 6.78. The number of piperazine rings is 1. The van der Waals surface area contributed by atoms with E-state index in [1.807, 2.05) is 4.90 Å². The van der Waals surface area contributed by atoms with Crippen LogP contribution in [0, 0.1) is 5.82 Å². The van der Waals surface area contributed by atoms with Crippen LogP contribution in [0.15, 0.2) is 53.0 Å². The second-order valence-electron chi connectivity index (χ2n) is 8.76. The van der Waals surface area contributed by atoms with Crippen molar-refractivity contribution in [2.24, 2.45) is 0 Å². The summed E-state index contributed by atoms with van der Waals surface area (Å²) in [4.78, 5) is 25.2. The van der Waals surface area contributed by atoms with Crippen molar-refractivity contribution < 1.29 is 40.3 Å². The van der Waals surface area contributed by atoms with Gasteiger partial charge in [0.15, 0.2) is 0 Å². The summed E-state index contributed by atoms with van der Waals surface area (Å²) in [6.45, 7) is 2.85. The van der Waals surface area contributed by atoms with Crippen LogP contribution in [0.3, 0.4) is 0 Å². The predicted molar refractivity (Wildman–Crippen MR) is 151 cm³/mol. The van der Waals surface area contributed by atoms with E-state index in [4.69, 9.17) is 27.9 Å². The summed E-state index contributed by atoms with van der Waals surface area (Å²) >= 11 is 12.9. The Bertz CT molecular complexity index is 1790. The Hall–Kier alpha value is -3.84. The molecule has 20 heteroatoms. The molecule has 232 valence electrons. The molecule has 1 saturated heterocycles. The molecule has 1 aliphatic heterocycles. The quantitative estimate of drug-likeness (QED) is 0.200. The molecule has 5 rings (SSSR count). The van der Waals surface area contributed by atoms with Crippen molar-refractivity contribution in [1.29, 1.82) is 0 Å². The summed E-state index contributed by atoms with van der Waals surface area (Å²) in [5.74, 6) is -4.20. The Balaban J connectivity index is 1.49. The zero-order valence-corrected chi connectivity index (χ0v) is 24.9. The zero-order valence-electron chi connectivity index (χ0n) is 21.8. The number of carbonyl (C=O) groups is 1. The van der Waals surface area contributed by atoms with Crippen molar-refractivity contribution in [3.05, 3.63) is 64.0 Å². The maximum absolute atomic E-state index is 15.4. The molecule has 0 aliphatic carbocycles. The monoisotopic (exact) mass is 693 g/mol. The highest BCUT2D eigenvalue weighted by atomic mass is 35.5. The van der Waals surface area contributed by atoms with Crippen LogP contribution in [0.5, 0.6) is 11.5 Å². The third-order valence-corrected chi connectivity index (χ3v) is 8.72. The number of aromatic nitrogens is 4. The van der Waals surface area contributed by atoms with Gasteiger partial charge in [-0.25, -0.2) is 19.2 Å². The van der Waals surface area contributed by atoms with E-state index in [9.17, 15) is 26.4 Å². The van der Waals surface area contributed by atoms with E-state index in [-0.39, 0.29) is 11.5 Å². The molecule has 0 spiro atoms. The molecular weight excluding hydrogens is 677 g/mol. The number of halogens is 6. The van der Waals surface area contributed by atoms with Gasteiger partial charge in [0.25, 0.3) is 5.13 Å². The molecule has 1 aliphatic rings. The number of benzene rings is 2. The maximum atomic E-state index is 15.4. The molecule has 44 heavy (non-hydrogen) atoms. The Morgan fingerprint density at radius 1 is 1.09 bits per heavy atom. The average Bonchev–Trinajstić information content (AvgIpc) is 3.52. The third-order valence-electron chi connectivity index (χ3n) is 5.86. The van der Waals surface area contributed by atoms with E-state index in [1.165, 1.54) is 12.1 Å². The molecule has 2 aromatic heterocycles. The number of anilines is 2. The number of nitrogens with zero attached hydrogens (tertiary/aromatic N) is 6. The molecule has 3 heterocycles. The van der Waals surface area contributed by atoms with Crippen LogP contribution >= 0.6 is 34.5 Å². The number of alkyl halides is 3. The molecule has 0 bridgehead atoms. The second-order valence-corrected chi connectivity index (χ2v) is 12.1. The SMILES string of the molecule is O=C(ON(c1nncs1)S(=O)(=O)c1cc(Cl)c(Oc2ccc(Cl)cc2-c2ccnc(N3CCNCC3)n2)cc1F)C(F)(F)F. The van der Waals surface area contributed by atoms with Crippen LogP contribution in [0.4, 0.5) is 28.6 Å². The topological polar surface area (TPSA) is 140 Å². The van der Waals surface area contributed by atoms with Gasteiger partial charge < -0.3 is 19.8 Å². The van der Waals surface area contributed by atoms with Crippen molar-refractivity contribution in [2.45, 2.75) is 11.1 Å². The molecule has 0 radical (unpaired) electrons. The molecule has 2 aromatic carbocycles. The van der Waals surface area contributed by atoms with Crippen molar-refractivity contribution in [3.8, 4) is 22.8 Å². The van der Waals surface area contributed by atoms with E-state index in [2.05, 4.69) is 30.3 Å². The van der Waals surface area contributed by atoms with Gasteiger partial charge in [0.05, 0.1) is 10.7 Å². The standard InChI is InChI=1S/C24H17Cl2F4N7O5S2/c25-13-1-2-18(14(9-13)17-3-4-32-22(34-17)36-7-5-31-6-8-36)41-19-11-16(27)20(10-15(19)26)44(39,40)37(23-35-33-12-43-23)42-21(38)24(28,29)30/h1-4,9-12,31H,5-8H2. The lowest BCUT2D eigenvalue weighted by Crippen LogP contribution is -2.44. The van der Waals surface area contributed by atoms with Crippen molar-refractivity contribution in [2.75, 3.05) is 35.5 Å². The lowest BCUT2D eigenvalue weighted by Gasteiger charge is -2.27. The first-order chi connectivity index (χ1) is 20.8. The Kier molecular flexibility index (Phi) is 9.07. The smallest absolute Gasteiger partial charge is 0.455 e. The van der Waals surface area contributed by atoms with Crippen LogP contribution in [0.1, 0.15) is 0 Å². The first kappa shape index (κ1) is 31.6. The first-order valence-electron chi connectivity index (χ1n) is 12.2. The highest BCUT2D eigenvalue weighted by molar-refractivity contribution is 7.92. The van der Waals surface area contributed by atoms with E-state index < -0.39 is 47.5 Å². The number of carbonyl (C=O) groups excluding carboxylic acids is 1. The number of sulfonamides is 1. The molecular formula is C24H17Cl2F4N7O5S2. The van der Waals surface area contributed by atoms with Crippen LogP contribution < -0.4 is 19.4 Å². The summed E-state index contributed by atoms with van der Waals surface area (Å²) in [6.07, 6.45) is -4.04.